The molecule has 96 valence electrons. The van der Waals surface area contributed by atoms with Crippen molar-refractivity contribution >= 4 is 40.3 Å². The molecule has 0 fully saturated rings. The molecular weight excluding hydrogens is 268 g/mol. The van der Waals surface area contributed by atoms with Crippen LogP contribution in [-0.2, 0) is 11.2 Å². The fraction of sp³-hybridized carbons (Fsp3) is 0.667. The minimum Gasteiger partial charge on any atom is -0.389 e. The lowest BCUT2D eigenvalue weighted by atomic mass is 9.91. The largest absolute Gasteiger partial charge is 0.389 e. The van der Waals surface area contributed by atoms with E-state index in [0.29, 0.717) is 10.2 Å². The van der Waals surface area contributed by atoms with Gasteiger partial charge in [-0.2, -0.15) is 11.8 Å². The number of thiazole rings is 1. The van der Waals surface area contributed by atoms with Crippen molar-refractivity contribution in [1.82, 2.24) is 4.98 Å². The first kappa shape index (κ1) is 14.9. The highest BCUT2D eigenvalue weighted by molar-refractivity contribution is 7.99. The SMILES string of the molecule is CC(C)SCc1nc(C(C)(C)C)c(C(N)=S)s1. The minimum absolute atomic E-state index is 0.00396. The second kappa shape index (κ2) is 5.67. The molecule has 0 aliphatic rings. The first-order valence-corrected chi connectivity index (χ1v) is 7.90. The Labute approximate surface area is 117 Å². The smallest absolute Gasteiger partial charge is 0.116 e. The van der Waals surface area contributed by atoms with Gasteiger partial charge in [0.15, 0.2) is 0 Å². The molecule has 1 heterocycles. The Kier molecular flexibility index (Phi) is 4.98. The third-order valence-electron chi connectivity index (χ3n) is 2.15. The average Bonchev–Trinajstić information content (AvgIpc) is 2.57. The lowest BCUT2D eigenvalue weighted by molar-refractivity contribution is 0.571. The number of aromatic nitrogens is 1. The highest BCUT2D eigenvalue weighted by atomic mass is 32.2. The van der Waals surface area contributed by atoms with E-state index in [2.05, 4.69) is 34.6 Å². The predicted octanol–water partition coefficient (Wildman–Crippen LogP) is 3.72. The van der Waals surface area contributed by atoms with Crippen molar-refractivity contribution in [1.29, 1.82) is 0 Å². The number of nitrogens with zero attached hydrogens (tertiary/aromatic N) is 1. The van der Waals surface area contributed by atoms with Gasteiger partial charge in [-0.05, 0) is 5.25 Å². The maximum Gasteiger partial charge on any atom is 0.116 e. The third kappa shape index (κ3) is 4.23. The van der Waals surface area contributed by atoms with E-state index in [4.69, 9.17) is 22.9 Å². The molecule has 0 saturated carbocycles. The fourth-order valence-corrected chi connectivity index (χ4v) is 3.46. The predicted molar refractivity (Wildman–Crippen MR) is 83.1 cm³/mol. The van der Waals surface area contributed by atoms with Crippen LogP contribution in [0.4, 0.5) is 0 Å². The van der Waals surface area contributed by atoms with E-state index in [1.807, 2.05) is 11.8 Å². The van der Waals surface area contributed by atoms with Gasteiger partial charge in [-0.15, -0.1) is 11.3 Å². The van der Waals surface area contributed by atoms with E-state index in [1.54, 1.807) is 11.3 Å². The van der Waals surface area contributed by atoms with Crippen molar-refractivity contribution in [2.75, 3.05) is 0 Å². The summed E-state index contributed by atoms with van der Waals surface area (Å²) in [5.74, 6) is 0.939. The van der Waals surface area contributed by atoms with E-state index in [9.17, 15) is 0 Å². The number of nitrogens with two attached hydrogens (primary N) is 1. The summed E-state index contributed by atoms with van der Waals surface area (Å²) in [7, 11) is 0. The van der Waals surface area contributed by atoms with Crippen LogP contribution in [0.5, 0.6) is 0 Å². The summed E-state index contributed by atoms with van der Waals surface area (Å²) in [5.41, 5.74) is 6.81. The van der Waals surface area contributed by atoms with Crippen molar-refractivity contribution in [3.63, 3.8) is 0 Å². The van der Waals surface area contributed by atoms with Crippen LogP contribution < -0.4 is 5.73 Å². The molecular formula is C12H20N2S3. The number of thiocarbonyl (C=S) groups is 1. The standard InChI is InChI=1S/C12H20N2S3/c1-7(2)16-6-8-14-10(12(3,4)5)9(17-8)11(13)15/h7H,6H2,1-5H3,(H2,13,15). The summed E-state index contributed by atoms with van der Waals surface area (Å²) in [4.78, 5) is 6.15. The molecule has 0 aliphatic heterocycles. The second-order valence-corrected chi connectivity index (χ2v) is 8.35. The molecule has 17 heavy (non-hydrogen) atoms. The lowest BCUT2D eigenvalue weighted by Crippen LogP contribution is -2.19. The van der Waals surface area contributed by atoms with Gasteiger partial charge in [0, 0.05) is 11.2 Å². The number of hydrogen-bond donors (Lipinski definition) is 1. The van der Waals surface area contributed by atoms with Crippen molar-refractivity contribution in [3.8, 4) is 0 Å². The third-order valence-corrected chi connectivity index (χ3v) is 4.86. The maximum absolute atomic E-state index is 5.78. The van der Waals surface area contributed by atoms with E-state index in [-0.39, 0.29) is 5.41 Å². The van der Waals surface area contributed by atoms with Crippen LogP contribution in [0.2, 0.25) is 0 Å². The van der Waals surface area contributed by atoms with Gasteiger partial charge in [-0.1, -0.05) is 46.8 Å². The van der Waals surface area contributed by atoms with Crippen molar-refractivity contribution in [3.05, 3.63) is 15.6 Å². The minimum atomic E-state index is -0.00396. The molecule has 0 radical (unpaired) electrons. The van der Waals surface area contributed by atoms with Gasteiger partial charge < -0.3 is 5.73 Å². The molecule has 0 bridgehead atoms. The first-order chi connectivity index (χ1) is 7.71. The molecule has 0 amide bonds. The molecule has 0 unspecified atom stereocenters. The summed E-state index contributed by atoms with van der Waals surface area (Å²) in [6.45, 7) is 10.8. The molecule has 1 aromatic rings. The summed E-state index contributed by atoms with van der Waals surface area (Å²) >= 11 is 8.64. The molecule has 2 nitrogen and oxygen atoms in total. The van der Waals surface area contributed by atoms with Crippen LogP contribution in [0.25, 0.3) is 0 Å². The molecule has 2 N–H and O–H groups in total. The van der Waals surface area contributed by atoms with Gasteiger partial charge in [0.2, 0.25) is 0 Å². The van der Waals surface area contributed by atoms with Crippen LogP contribution in [-0.4, -0.2) is 15.2 Å². The van der Waals surface area contributed by atoms with Gasteiger partial charge >= 0.3 is 0 Å². The monoisotopic (exact) mass is 288 g/mol. The zero-order valence-electron chi connectivity index (χ0n) is 11.0. The molecule has 1 aromatic heterocycles. The maximum atomic E-state index is 5.78. The van der Waals surface area contributed by atoms with E-state index in [0.717, 1.165) is 21.3 Å². The Morgan fingerprint density at radius 2 is 2.06 bits per heavy atom. The summed E-state index contributed by atoms with van der Waals surface area (Å²) < 4.78 is 0. The van der Waals surface area contributed by atoms with E-state index in [1.165, 1.54) is 0 Å². The summed E-state index contributed by atoms with van der Waals surface area (Å²) in [6.07, 6.45) is 0. The highest BCUT2D eigenvalue weighted by Gasteiger charge is 2.24. The van der Waals surface area contributed by atoms with Crippen LogP contribution >= 0.6 is 35.3 Å². The Balaban J connectivity index is 3.01. The average molecular weight is 289 g/mol. The molecule has 0 aromatic carbocycles. The number of hydrogen-bond acceptors (Lipinski definition) is 4. The van der Waals surface area contributed by atoms with Gasteiger partial charge in [-0.3, -0.25) is 0 Å². The lowest BCUT2D eigenvalue weighted by Gasteiger charge is -2.16. The molecule has 1 rings (SSSR count). The highest BCUT2D eigenvalue weighted by Crippen LogP contribution is 2.31. The second-order valence-electron chi connectivity index (χ2n) is 5.26. The summed E-state index contributed by atoms with van der Waals surface area (Å²) in [6, 6.07) is 0. The zero-order chi connectivity index (χ0) is 13.2. The molecule has 0 spiro atoms. The number of thioether (sulfide) groups is 1. The Bertz CT molecular complexity index is 402. The number of rotatable bonds is 4. The van der Waals surface area contributed by atoms with Gasteiger partial charge in [0.25, 0.3) is 0 Å². The molecule has 0 atom stereocenters. The topological polar surface area (TPSA) is 38.9 Å². The van der Waals surface area contributed by atoms with Crippen LogP contribution in [0.1, 0.15) is 50.2 Å². The van der Waals surface area contributed by atoms with Crippen LogP contribution in [0.3, 0.4) is 0 Å². The van der Waals surface area contributed by atoms with Crippen LogP contribution in [0.15, 0.2) is 0 Å². The Morgan fingerprint density at radius 3 is 2.41 bits per heavy atom. The van der Waals surface area contributed by atoms with Crippen LogP contribution in [0, 0.1) is 0 Å². The van der Waals surface area contributed by atoms with Crippen molar-refractivity contribution < 1.29 is 0 Å². The van der Waals surface area contributed by atoms with E-state index >= 15 is 0 Å². The Morgan fingerprint density at radius 1 is 1.47 bits per heavy atom. The molecule has 5 heteroatoms. The van der Waals surface area contributed by atoms with Crippen molar-refractivity contribution in [2.24, 2.45) is 5.73 Å². The first-order valence-electron chi connectivity index (χ1n) is 5.63. The van der Waals surface area contributed by atoms with Gasteiger partial charge in [0.05, 0.1) is 10.6 Å². The van der Waals surface area contributed by atoms with E-state index < -0.39 is 0 Å². The van der Waals surface area contributed by atoms with Crippen molar-refractivity contribution in [2.45, 2.75) is 51.0 Å². The normalized spacial score (nSPS) is 12.1. The molecule has 0 saturated heterocycles. The fourth-order valence-electron chi connectivity index (χ4n) is 1.34. The zero-order valence-corrected chi connectivity index (χ0v) is 13.5. The van der Waals surface area contributed by atoms with Gasteiger partial charge in [0.1, 0.15) is 10.00 Å². The quantitative estimate of drug-likeness (QED) is 0.857. The summed E-state index contributed by atoms with van der Waals surface area (Å²) in [5, 5.41) is 1.74. The van der Waals surface area contributed by atoms with Gasteiger partial charge in [-0.25, -0.2) is 4.98 Å². The Hall–Kier alpha value is -0.130. The molecule has 0 aliphatic carbocycles.